The van der Waals surface area contributed by atoms with Crippen LogP contribution in [-0.2, 0) is 32.6 Å². The molecule has 0 saturated heterocycles. The van der Waals surface area contributed by atoms with E-state index in [4.69, 9.17) is 0 Å². The number of allylic oxidation sites excluding steroid dienone is 1. The molecule has 0 bridgehead atoms. The van der Waals surface area contributed by atoms with Gasteiger partial charge in [-0.05, 0) is 23.0 Å². The molecule has 0 N–H and O–H groups in total. The summed E-state index contributed by atoms with van der Waals surface area (Å²) in [5, 5.41) is 0. The molecule has 0 aromatic heterocycles. The average Bonchev–Trinajstić information content (AvgIpc) is 2.45. The van der Waals surface area contributed by atoms with Crippen molar-refractivity contribution in [3.8, 4) is 0 Å². The number of fused-ring (bicyclic) bond motifs is 1. The minimum absolute atomic E-state index is 0. The van der Waals surface area contributed by atoms with Crippen LogP contribution < -0.4 is 24.8 Å². The summed E-state index contributed by atoms with van der Waals surface area (Å²) in [4.78, 5) is 0. The Morgan fingerprint density at radius 2 is 1.56 bits per heavy atom. The van der Waals surface area contributed by atoms with E-state index in [0.717, 1.165) is 6.42 Å². The molecule has 0 amide bonds. The number of rotatable bonds is 0. The molecule has 0 nitrogen and oxygen atoms in total. The molecule has 0 spiro atoms. The monoisotopic (exact) mass is 332 g/mol. The van der Waals surface area contributed by atoms with Gasteiger partial charge in [0.2, 0.25) is 0 Å². The SMILES string of the molecule is CC(C)(C)C1=Cc2ccccc2C1.[Cl-].[Cl-].[Zr+2]. The second-order valence-corrected chi connectivity index (χ2v) is 4.80. The first-order valence-electron chi connectivity index (χ1n) is 4.86. The molecule has 0 aliphatic heterocycles. The predicted octanol–water partition coefficient (Wildman–Crippen LogP) is -2.32. The fourth-order valence-corrected chi connectivity index (χ4v) is 1.76. The molecule has 0 unspecified atom stereocenters. The van der Waals surface area contributed by atoms with Gasteiger partial charge in [0.15, 0.2) is 0 Å². The summed E-state index contributed by atoms with van der Waals surface area (Å²) in [6, 6.07) is 8.66. The maximum Gasteiger partial charge on any atom is 2.00 e. The van der Waals surface area contributed by atoms with E-state index >= 15 is 0 Å². The predicted molar refractivity (Wildman–Crippen MR) is 57.6 cm³/mol. The molecule has 86 valence electrons. The zero-order valence-corrected chi connectivity index (χ0v) is 13.8. The van der Waals surface area contributed by atoms with Crippen LogP contribution in [0.25, 0.3) is 6.08 Å². The molecule has 2 rings (SSSR count). The van der Waals surface area contributed by atoms with Crippen molar-refractivity contribution in [3.05, 3.63) is 41.0 Å². The van der Waals surface area contributed by atoms with Crippen LogP contribution in [0.4, 0.5) is 0 Å². The molecule has 16 heavy (non-hydrogen) atoms. The molecule has 3 heteroatoms. The number of hydrogen-bond donors (Lipinski definition) is 0. The Bertz CT molecular complexity index is 364. The van der Waals surface area contributed by atoms with Crippen molar-refractivity contribution in [1.29, 1.82) is 0 Å². The number of halogens is 2. The van der Waals surface area contributed by atoms with E-state index in [1.165, 1.54) is 11.1 Å². The number of hydrogen-bond acceptors (Lipinski definition) is 0. The van der Waals surface area contributed by atoms with E-state index in [0.29, 0.717) is 5.41 Å². The van der Waals surface area contributed by atoms with Gasteiger partial charge in [-0.15, -0.1) is 0 Å². The summed E-state index contributed by atoms with van der Waals surface area (Å²) in [5.74, 6) is 0. The van der Waals surface area contributed by atoms with E-state index < -0.39 is 0 Å². The quantitative estimate of drug-likeness (QED) is 0.500. The van der Waals surface area contributed by atoms with Gasteiger partial charge in [0.1, 0.15) is 0 Å². The van der Waals surface area contributed by atoms with Crippen molar-refractivity contribution in [2.75, 3.05) is 0 Å². The zero-order chi connectivity index (χ0) is 9.47. The summed E-state index contributed by atoms with van der Waals surface area (Å²) in [6.45, 7) is 6.85. The standard InChI is InChI=1S/C13H16.2ClH.Zr/c1-13(2,3)12-8-10-6-4-5-7-11(10)9-12;;;/h4-8H,9H2,1-3H3;2*1H;/q;;;+2/p-2. The maximum absolute atomic E-state index is 2.34. The summed E-state index contributed by atoms with van der Waals surface area (Å²) in [5.41, 5.74) is 4.76. The van der Waals surface area contributed by atoms with E-state index in [1.54, 1.807) is 5.57 Å². The molecule has 0 atom stereocenters. The van der Waals surface area contributed by atoms with Gasteiger partial charge < -0.3 is 24.8 Å². The average molecular weight is 334 g/mol. The summed E-state index contributed by atoms with van der Waals surface area (Å²) in [7, 11) is 0. The van der Waals surface area contributed by atoms with Gasteiger partial charge in [-0.2, -0.15) is 0 Å². The van der Waals surface area contributed by atoms with Crippen LogP contribution in [0.1, 0.15) is 31.9 Å². The molecule has 0 heterocycles. The van der Waals surface area contributed by atoms with Crippen molar-refractivity contribution in [1.82, 2.24) is 0 Å². The van der Waals surface area contributed by atoms with Crippen molar-refractivity contribution < 1.29 is 51.0 Å². The fourth-order valence-electron chi connectivity index (χ4n) is 1.76. The van der Waals surface area contributed by atoms with Crippen molar-refractivity contribution >= 4 is 6.08 Å². The maximum atomic E-state index is 2.34. The molecule has 1 aromatic carbocycles. The first-order valence-corrected chi connectivity index (χ1v) is 4.86. The Morgan fingerprint density at radius 1 is 1.00 bits per heavy atom. The van der Waals surface area contributed by atoms with E-state index in [1.807, 2.05) is 0 Å². The molecule has 1 aromatic rings. The van der Waals surface area contributed by atoms with Crippen molar-refractivity contribution in [3.63, 3.8) is 0 Å². The topological polar surface area (TPSA) is 0 Å². The van der Waals surface area contributed by atoms with E-state index in [9.17, 15) is 0 Å². The first-order chi connectivity index (χ1) is 6.07. The van der Waals surface area contributed by atoms with Crippen molar-refractivity contribution in [2.45, 2.75) is 27.2 Å². The minimum atomic E-state index is 0. The Labute approximate surface area is 130 Å². The van der Waals surface area contributed by atoms with Gasteiger partial charge >= 0.3 is 26.2 Å². The summed E-state index contributed by atoms with van der Waals surface area (Å²) < 4.78 is 0. The Morgan fingerprint density at radius 3 is 2.06 bits per heavy atom. The third-order valence-electron chi connectivity index (χ3n) is 2.73. The first kappa shape index (κ1) is 18.8. The van der Waals surface area contributed by atoms with Gasteiger partial charge in [-0.3, -0.25) is 0 Å². The molecular weight excluding hydrogens is 318 g/mol. The fraction of sp³-hybridized carbons (Fsp3) is 0.385. The Balaban J connectivity index is 0. The van der Waals surface area contributed by atoms with Crippen molar-refractivity contribution in [2.24, 2.45) is 5.41 Å². The van der Waals surface area contributed by atoms with E-state index in [2.05, 4.69) is 51.1 Å². The third-order valence-corrected chi connectivity index (χ3v) is 2.73. The smallest absolute Gasteiger partial charge is 1.00 e. The largest absolute Gasteiger partial charge is 2.00 e. The molecule has 0 saturated carbocycles. The van der Waals surface area contributed by atoms with Crippen LogP contribution in [-0.4, -0.2) is 0 Å². The molecular formula is C13H16Cl2Zr. The van der Waals surface area contributed by atoms with Crippen LogP contribution >= 0.6 is 0 Å². The normalized spacial score (nSPS) is 12.6. The molecule has 0 fully saturated rings. The van der Waals surface area contributed by atoms with Gasteiger partial charge in [0, 0.05) is 0 Å². The Kier molecular flexibility index (Phi) is 8.21. The van der Waals surface area contributed by atoms with Crippen LogP contribution in [0.3, 0.4) is 0 Å². The van der Waals surface area contributed by atoms with Gasteiger partial charge in [-0.25, -0.2) is 0 Å². The molecule has 1 aliphatic carbocycles. The van der Waals surface area contributed by atoms with Gasteiger partial charge in [0.05, 0.1) is 0 Å². The number of benzene rings is 1. The van der Waals surface area contributed by atoms with Gasteiger partial charge in [-0.1, -0.05) is 56.7 Å². The summed E-state index contributed by atoms with van der Waals surface area (Å²) in [6.07, 6.45) is 3.48. The van der Waals surface area contributed by atoms with Crippen LogP contribution in [0, 0.1) is 5.41 Å². The van der Waals surface area contributed by atoms with Gasteiger partial charge in [0.25, 0.3) is 0 Å². The third kappa shape index (κ3) is 4.02. The van der Waals surface area contributed by atoms with Crippen LogP contribution in [0.15, 0.2) is 29.8 Å². The second-order valence-electron chi connectivity index (χ2n) is 4.80. The molecule has 1 aliphatic rings. The summed E-state index contributed by atoms with van der Waals surface area (Å²) >= 11 is 0. The Hall–Kier alpha value is 0.423. The zero-order valence-electron chi connectivity index (χ0n) is 9.85. The van der Waals surface area contributed by atoms with Crippen LogP contribution in [0.5, 0.6) is 0 Å². The second kappa shape index (κ2) is 6.99. The van der Waals surface area contributed by atoms with Crippen LogP contribution in [0.2, 0.25) is 0 Å². The van der Waals surface area contributed by atoms with E-state index in [-0.39, 0.29) is 51.0 Å². The molecule has 0 radical (unpaired) electrons. The minimum Gasteiger partial charge on any atom is -1.00 e.